The van der Waals surface area contributed by atoms with E-state index in [1.165, 1.54) is 0 Å². The zero-order valence-electron chi connectivity index (χ0n) is 9.53. The van der Waals surface area contributed by atoms with Gasteiger partial charge in [0.1, 0.15) is 0 Å². The Labute approximate surface area is 90.3 Å². The quantitative estimate of drug-likeness (QED) is 0.761. The zero-order valence-corrected chi connectivity index (χ0v) is 9.53. The Balaban J connectivity index is 3.33. The molecule has 0 aromatic heterocycles. The molecule has 0 radical (unpaired) electrons. The first-order valence-electron chi connectivity index (χ1n) is 4.70. The van der Waals surface area contributed by atoms with E-state index in [0.29, 0.717) is 17.2 Å². The average molecular weight is 208 g/mol. The highest BCUT2D eigenvalue weighted by molar-refractivity contribution is 5.66. The molecule has 0 atom stereocenters. The Kier molecular flexibility index (Phi) is 4.03. The van der Waals surface area contributed by atoms with Gasteiger partial charge >= 0.3 is 0 Å². The molecule has 0 N–H and O–H groups in total. The SMILES string of the molecule is C/C=C/c1ccc(OC)c(OC)c1OC. The molecule has 0 fully saturated rings. The lowest BCUT2D eigenvalue weighted by atomic mass is 10.1. The third-order valence-corrected chi connectivity index (χ3v) is 2.08. The minimum Gasteiger partial charge on any atom is -0.493 e. The second-order valence-corrected chi connectivity index (χ2v) is 2.92. The third-order valence-electron chi connectivity index (χ3n) is 2.08. The first-order chi connectivity index (χ1) is 7.28. The van der Waals surface area contributed by atoms with Crippen LogP contribution in [0.2, 0.25) is 0 Å². The van der Waals surface area contributed by atoms with E-state index >= 15 is 0 Å². The van der Waals surface area contributed by atoms with Gasteiger partial charge < -0.3 is 14.2 Å². The van der Waals surface area contributed by atoms with Crippen molar-refractivity contribution in [3.8, 4) is 17.2 Å². The van der Waals surface area contributed by atoms with Crippen LogP contribution in [0.1, 0.15) is 12.5 Å². The van der Waals surface area contributed by atoms with Crippen molar-refractivity contribution in [1.82, 2.24) is 0 Å². The van der Waals surface area contributed by atoms with Crippen molar-refractivity contribution in [2.45, 2.75) is 6.92 Å². The molecule has 0 aliphatic heterocycles. The largest absolute Gasteiger partial charge is 0.493 e. The summed E-state index contributed by atoms with van der Waals surface area (Å²) >= 11 is 0. The minimum atomic E-state index is 0.621. The Morgan fingerprint density at radius 1 is 0.933 bits per heavy atom. The molecule has 0 aliphatic rings. The molecule has 0 aliphatic carbocycles. The standard InChI is InChI=1S/C12H16O3/c1-5-6-9-7-8-10(13-2)12(15-4)11(9)14-3/h5-8H,1-4H3/b6-5+. The summed E-state index contributed by atoms with van der Waals surface area (Å²) < 4.78 is 15.8. The van der Waals surface area contributed by atoms with E-state index in [1.807, 2.05) is 31.2 Å². The molecular formula is C12H16O3. The summed E-state index contributed by atoms with van der Waals surface area (Å²) in [5.74, 6) is 1.98. The van der Waals surface area contributed by atoms with Crippen molar-refractivity contribution in [3.05, 3.63) is 23.8 Å². The van der Waals surface area contributed by atoms with Gasteiger partial charge in [-0.05, 0) is 19.1 Å². The minimum absolute atomic E-state index is 0.621. The second kappa shape index (κ2) is 5.29. The number of allylic oxidation sites excluding steroid dienone is 1. The molecule has 0 bridgehead atoms. The van der Waals surface area contributed by atoms with Crippen molar-refractivity contribution in [2.24, 2.45) is 0 Å². The maximum atomic E-state index is 5.31. The Morgan fingerprint density at radius 3 is 2.07 bits per heavy atom. The summed E-state index contributed by atoms with van der Waals surface area (Å²) in [6.45, 7) is 1.95. The van der Waals surface area contributed by atoms with Crippen LogP contribution in [0, 0.1) is 0 Å². The fourth-order valence-electron chi connectivity index (χ4n) is 1.44. The van der Waals surface area contributed by atoms with Crippen LogP contribution < -0.4 is 14.2 Å². The van der Waals surface area contributed by atoms with Crippen LogP contribution in [0.4, 0.5) is 0 Å². The molecule has 0 amide bonds. The van der Waals surface area contributed by atoms with Crippen molar-refractivity contribution in [2.75, 3.05) is 21.3 Å². The van der Waals surface area contributed by atoms with Crippen molar-refractivity contribution in [3.63, 3.8) is 0 Å². The van der Waals surface area contributed by atoms with Crippen LogP contribution in [-0.4, -0.2) is 21.3 Å². The highest BCUT2D eigenvalue weighted by Crippen LogP contribution is 2.40. The molecule has 15 heavy (non-hydrogen) atoms. The topological polar surface area (TPSA) is 27.7 Å². The third kappa shape index (κ3) is 2.24. The smallest absolute Gasteiger partial charge is 0.203 e. The molecular weight excluding hydrogens is 192 g/mol. The maximum absolute atomic E-state index is 5.31. The van der Waals surface area contributed by atoms with Crippen LogP contribution in [0.25, 0.3) is 6.08 Å². The molecule has 0 unspecified atom stereocenters. The van der Waals surface area contributed by atoms with Crippen molar-refractivity contribution < 1.29 is 14.2 Å². The van der Waals surface area contributed by atoms with Gasteiger partial charge in [0.05, 0.1) is 21.3 Å². The van der Waals surface area contributed by atoms with Gasteiger partial charge in [-0.15, -0.1) is 0 Å². The summed E-state index contributed by atoms with van der Waals surface area (Å²) in [4.78, 5) is 0. The van der Waals surface area contributed by atoms with Crippen LogP contribution in [0.3, 0.4) is 0 Å². The lowest BCUT2D eigenvalue weighted by Gasteiger charge is -2.13. The van der Waals surface area contributed by atoms with Crippen LogP contribution in [0.5, 0.6) is 17.2 Å². The molecule has 3 nitrogen and oxygen atoms in total. The van der Waals surface area contributed by atoms with E-state index < -0.39 is 0 Å². The van der Waals surface area contributed by atoms with Gasteiger partial charge in [-0.3, -0.25) is 0 Å². The predicted octanol–water partition coefficient (Wildman–Crippen LogP) is 2.75. The predicted molar refractivity (Wildman–Crippen MR) is 60.8 cm³/mol. The summed E-state index contributed by atoms with van der Waals surface area (Å²) in [5, 5.41) is 0. The van der Waals surface area contributed by atoms with Crippen LogP contribution >= 0.6 is 0 Å². The van der Waals surface area contributed by atoms with E-state index in [4.69, 9.17) is 14.2 Å². The van der Waals surface area contributed by atoms with E-state index in [1.54, 1.807) is 21.3 Å². The van der Waals surface area contributed by atoms with Gasteiger partial charge in [0.25, 0.3) is 0 Å². The van der Waals surface area contributed by atoms with Crippen LogP contribution in [-0.2, 0) is 0 Å². The summed E-state index contributed by atoms with van der Waals surface area (Å²) in [6, 6.07) is 3.79. The monoisotopic (exact) mass is 208 g/mol. The highest BCUT2D eigenvalue weighted by Gasteiger charge is 2.13. The van der Waals surface area contributed by atoms with Crippen molar-refractivity contribution >= 4 is 6.08 Å². The normalized spacial score (nSPS) is 10.4. The van der Waals surface area contributed by atoms with E-state index in [0.717, 1.165) is 5.56 Å². The fourth-order valence-corrected chi connectivity index (χ4v) is 1.44. The van der Waals surface area contributed by atoms with Gasteiger partial charge in [-0.25, -0.2) is 0 Å². The lowest BCUT2D eigenvalue weighted by Crippen LogP contribution is -1.96. The number of rotatable bonds is 4. The molecule has 1 aromatic carbocycles. The molecule has 0 saturated carbocycles. The lowest BCUT2D eigenvalue weighted by molar-refractivity contribution is 0.324. The van der Waals surface area contributed by atoms with Gasteiger partial charge in [0.15, 0.2) is 11.5 Å². The Morgan fingerprint density at radius 2 is 1.60 bits per heavy atom. The maximum Gasteiger partial charge on any atom is 0.203 e. The van der Waals surface area contributed by atoms with E-state index in [-0.39, 0.29) is 0 Å². The number of hydrogen-bond acceptors (Lipinski definition) is 3. The molecule has 1 rings (SSSR count). The summed E-state index contributed by atoms with van der Waals surface area (Å²) in [7, 11) is 4.82. The summed E-state index contributed by atoms with van der Waals surface area (Å²) in [6.07, 6.45) is 3.91. The molecule has 0 heterocycles. The van der Waals surface area contributed by atoms with Crippen molar-refractivity contribution in [1.29, 1.82) is 0 Å². The molecule has 82 valence electrons. The molecule has 0 spiro atoms. The highest BCUT2D eigenvalue weighted by atomic mass is 16.5. The molecule has 3 heteroatoms. The fraction of sp³-hybridized carbons (Fsp3) is 0.333. The first kappa shape index (κ1) is 11.4. The molecule has 0 saturated heterocycles. The first-order valence-corrected chi connectivity index (χ1v) is 4.70. The van der Waals surface area contributed by atoms with E-state index in [2.05, 4.69) is 0 Å². The number of ether oxygens (including phenoxy) is 3. The number of hydrogen-bond donors (Lipinski definition) is 0. The Hall–Kier alpha value is -1.64. The second-order valence-electron chi connectivity index (χ2n) is 2.92. The van der Waals surface area contributed by atoms with Gasteiger partial charge in [-0.2, -0.15) is 0 Å². The summed E-state index contributed by atoms with van der Waals surface area (Å²) in [5.41, 5.74) is 0.970. The van der Waals surface area contributed by atoms with Gasteiger partial charge in [0.2, 0.25) is 5.75 Å². The van der Waals surface area contributed by atoms with Gasteiger partial charge in [0, 0.05) is 5.56 Å². The number of methoxy groups -OCH3 is 3. The van der Waals surface area contributed by atoms with Crippen LogP contribution in [0.15, 0.2) is 18.2 Å². The molecule has 1 aromatic rings. The average Bonchev–Trinajstić information content (AvgIpc) is 2.28. The van der Waals surface area contributed by atoms with E-state index in [9.17, 15) is 0 Å². The number of benzene rings is 1. The van der Waals surface area contributed by atoms with Gasteiger partial charge in [-0.1, -0.05) is 12.2 Å². The Bertz CT molecular complexity index is 356. The zero-order chi connectivity index (χ0) is 11.3.